The second-order valence-electron chi connectivity index (χ2n) is 3.86. The number of carboxylic acids is 1. The molecule has 1 N–H and O–H groups in total. The van der Waals surface area contributed by atoms with Gasteiger partial charge >= 0.3 is 5.97 Å². The molecule has 0 aliphatic rings. The van der Waals surface area contributed by atoms with Gasteiger partial charge < -0.3 is 14.5 Å². The lowest BCUT2D eigenvalue weighted by Gasteiger charge is -2.25. The molecule has 1 amide bonds. The second kappa shape index (κ2) is 5.47. The molecule has 6 heteroatoms. The maximum atomic E-state index is 12.0. The van der Waals surface area contributed by atoms with E-state index in [2.05, 4.69) is 5.16 Å². The van der Waals surface area contributed by atoms with Crippen LogP contribution in [-0.4, -0.2) is 39.6 Å². The first-order chi connectivity index (χ1) is 7.95. The molecule has 6 nitrogen and oxygen atoms in total. The van der Waals surface area contributed by atoms with E-state index in [4.69, 9.17) is 9.63 Å². The van der Waals surface area contributed by atoms with Crippen molar-refractivity contribution in [3.05, 3.63) is 17.5 Å². The van der Waals surface area contributed by atoms with Gasteiger partial charge in [0.1, 0.15) is 5.76 Å². The molecule has 0 bridgehead atoms. The fourth-order valence-corrected chi connectivity index (χ4v) is 1.63. The maximum absolute atomic E-state index is 12.0. The van der Waals surface area contributed by atoms with Gasteiger partial charge in [0.15, 0.2) is 5.69 Å². The van der Waals surface area contributed by atoms with E-state index in [1.807, 2.05) is 0 Å². The van der Waals surface area contributed by atoms with Gasteiger partial charge in [0, 0.05) is 18.7 Å². The largest absolute Gasteiger partial charge is 0.481 e. The third-order valence-corrected chi connectivity index (χ3v) is 2.45. The summed E-state index contributed by atoms with van der Waals surface area (Å²) in [6.07, 6.45) is -0.0869. The van der Waals surface area contributed by atoms with Crippen LogP contribution in [0, 0.1) is 6.92 Å². The molecule has 17 heavy (non-hydrogen) atoms. The molecule has 0 saturated carbocycles. The predicted octanol–water partition coefficient (Wildman–Crippen LogP) is 1.31. The Hall–Kier alpha value is -1.85. The minimum Gasteiger partial charge on any atom is -0.481 e. The SMILES string of the molecule is CCN(C(=O)c1cc(C)on1)C(C)CC(=O)O. The van der Waals surface area contributed by atoms with Crippen LogP contribution in [-0.2, 0) is 4.79 Å². The van der Waals surface area contributed by atoms with Crippen molar-refractivity contribution in [2.45, 2.75) is 33.2 Å². The summed E-state index contributed by atoms with van der Waals surface area (Å²) >= 11 is 0. The molecule has 1 aromatic heterocycles. The van der Waals surface area contributed by atoms with Crippen LogP contribution in [0.3, 0.4) is 0 Å². The summed E-state index contributed by atoms with van der Waals surface area (Å²) in [6.45, 7) is 5.62. The molecule has 1 rings (SSSR count). The molecule has 0 radical (unpaired) electrons. The maximum Gasteiger partial charge on any atom is 0.305 e. The number of carboxylic acid groups (broad SMARTS) is 1. The van der Waals surface area contributed by atoms with Gasteiger partial charge in [0.2, 0.25) is 0 Å². The van der Waals surface area contributed by atoms with Crippen LogP contribution in [0.1, 0.15) is 36.5 Å². The van der Waals surface area contributed by atoms with E-state index in [0.717, 1.165) is 0 Å². The highest BCUT2D eigenvalue weighted by Crippen LogP contribution is 2.11. The summed E-state index contributed by atoms with van der Waals surface area (Å²) in [7, 11) is 0. The van der Waals surface area contributed by atoms with Crippen LogP contribution < -0.4 is 0 Å². The Morgan fingerprint density at radius 2 is 2.24 bits per heavy atom. The zero-order chi connectivity index (χ0) is 13.0. The molecule has 0 saturated heterocycles. The Bertz CT molecular complexity index is 413. The van der Waals surface area contributed by atoms with Gasteiger partial charge in [-0.2, -0.15) is 0 Å². The molecule has 1 aromatic rings. The summed E-state index contributed by atoms with van der Waals surface area (Å²) in [5.74, 6) is -0.687. The van der Waals surface area contributed by atoms with E-state index >= 15 is 0 Å². The smallest absolute Gasteiger partial charge is 0.305 e. The van der Waals surface area contributed by atoms with Crippen LogP contribution in [0.25, 0.3) is 0 Å². The summed E-state index contributed by atoms with van der Waals surface area (Å²) in [6, 6.07) is 1.17. The Labute approximate surface area is 99.2 Å². The minimum atomic E-state index is -0.930. The fraction of sp³-hybridized carbons (Fsp3) is 0.545. The molecular formula is C11H16N2O4. The van der Waals surface area contributed by atoms with Gasteiger partial charge in [-0.1, -0.05) is 5.16 Å². The number of aliphatic carboxylic acids is 1. The highest BCUT2D eigenvalue weighted by Gasteiger charge is 2.24. The monoisotopic (exact) mass is 240 g/mol. The van der Waals surface area contributed by atoms with Crippen molar-refractivity contribution < 1.29 is 19.2 Å². The number of carbonyl (C=O) groups excluding carboxylic acids is 1. The average Bonchev–Trinajstić information content (AvgIpc) is 2.64. The van der Waals surface area contributed by atoms with Crippen molar-refractivity contribution in [2.24, 2.45) is 0 Å². The molecule has 94 valence electrons. The normalized spacial score (nSPS) is 12.2. The van der Waals surface area contributed by atoms with Crippen LogP contribution in [0.4, 0.5) is 0 Å². The summed E-state index contributed by atoms with van der Waals surface area (Å²) in [5, 5.41) is 12.3. The lowest BCUT2D eigenvalue weighted by atomic mass is 10.2. The highest BCUT2D eigenvalue weighted by atomic mass is 16.5. The van der Waals surface area contributed by atoms with Gasteiger partial charge in [-0.25, -0.2) is 0 Å². The molecule has 0 spiro atoms. The molecule has 0 aliphatic carbocycles. The Kier molecular flexibility index (Phi) is 4.25. The summed E-state index contributed by atoms with van der Waals surface area (Å²) in [5.41, 5.74) is 0.210. The van der Waals surface area contributed by atoms with Crippen molar-refractivity contribution in [1.29, 1.82) is 0 Å². The van der Waals surface area contributed by atoms with Crippen molar-refractivity contribution in [2.75, 3.05) is 6.54 Å². The average molecular weight is 240 g/mol. The van der Waals surface area contributed by atoms with E-state index in [1.54, 1.807) is 26.8 Å². The van der Waals surface area contributed by atoms with Crippen LogP contribution in [0.15, 0.2) is 10.6 Å². The van der Waals surface area contributed by atoms with Crippen molar-refractivity contribution in [1.82, 2.24) is 10.1 Å². The third kappa shape index (κ3) is 3.30. The minimum absolute atomic E-state index is 0.0869. The number of hydrogen-bond donors (Lipinski definition) is 1. The molecular weight excluding hydrogens is 224 g/mol. The lowest BCUT2D eigenvalue weighted by Crippen LogP contribution is -2.39. The number of amides is 1. The third-order valence-electron chi connectivity index (χ3n) is 2.45. The van der Waals surface area contributed by atoms with E-state index in [9.17, 15) is 9.59 Å². The lowest BCUT2D eigenvalue weighted by molar-refractivity contribution is -0.138. The number of nitrogens with zero attached hydrogens (tertiary/aromatic N) is 2. The quantitative estimate of drug-likeness (QED) is 0.838. The van der Waals surface area contributed by atoms with Crippen molar-refractivity contribution >= 4 is 11.9 Å². The second-order valence-corrected chi connectivity index (χ2v) is 3.86. The Morgan fingerprint density at radius 3 is 2.65 bits per heavy atom. The summed E-state index contributed by atoms with van der Waals surface area (Å²) in [4.78, 5) is 24.1. The number of hydrogen-bond acceptors (Lipinski definition) is 4. The first-order valence-electron chi connectivity index (χ1n) is 5.41. The predicted molar refractivity (Wildman–Crippen MR) is 59.7 cm³/mol. The van der Waals surface area contributed by atoms with Crippen molar-refractivity contribution in [3.8, 4) is 0 Å². The number of rotatable bonds is 5. The van der Waals surface area contributed by atoms with Crippen molar-refractivity contribution in [3.63, 3.8) is 0 Å². The fourth-order valence-electron chi connectivity index (χ4n) is 1.63. The molecule has 0 aliphatic heterocycles. The Morgan fingerprint density at radius 1 is 1.59 bits per heavy atom. The number of aromatic nitrogens is 1. The van der Waals surface area contributed by atoms with Gasteiger partial charge in [-0.05, 0) is 20.8 Å². The first-order valence-corrected chi connectivity index (χ1v) is 5.41. The standard InChI is InChI=1S/C11H16N2O4/c1-4-13(7(2)5-10(14)15)11(16)9-6-8(3)17-12-9/h6-7H,4-5H2,1-3H3,(H,14,15). The topological polar surface area (TPSA) is 83.6 Å². The van der Waals surface area contributed by atoms with E-state index in [1.165, 1.54) is 4.90 Å². The molecule has 0 aromatic carbocycles. The van der Waals surface area contributed by atoms with E-state index in [0.29, 0.717) is 12.3 Å². The van der Waals surface area contributed by atoms with Gasteiger partial charge in [-0.3, -0.25) is 9.59 Å². The highest BCUT2D eigenvalue weighted by molar-refractivity contribution is 5.92. The molecule has 0 fully saturated rings. The Balaban J connectivity index is 2.80. The van der Waals surface area contributed by atoms with E-state index < -0.39 is 5.97 Å². The molecule has 1 heterocycles. The molecule has 1 unspecified atom stereocenters. The van der Waals surface area contributed by atoms with Gasteiger partial charge in [-0.15, -0.1) is 0 Å². The molecule has 1 atom stereocenters. The van der Waals surface area contributed by atoms with Crippen LogP contribution >= 0.6 is 0 Å². The first kappa shape index (κ1) is 13.2. The van der Waals surface area contributed by atoms with Gasteiger partial charge in [0.25, 0.3) is 5.91 Å². The van der Waals surface area contributed by atoms with E-state index in [-0.39, 0.29) is 24.1 Å². The zero-order valence-corrected chi connectivity index (χ0v) is 10.1. The van der Waals surface area contributed by atoms with Crippen LogP contribution in [0.5, 0.6) is 0 Å². The van der Waals surface area contributed by atoms with Crippen LogP contribution in [0.2, 0.25) is 0 Å². The number of aryl methyl sites for hydroxylation is 1. The zero-order valence-electron chi connectivity index (χ0n) is 10.1. The number of carbonyl (C=O) groups is 2. The summed E-state index contributed by atoms with van der Waals surface area (Å²) < 4.78 is 4.83. The van der Waals surface area contributed by atoms with Gasteiger partial charge in [0.05, 0.1) is 6.42 Å².